The van der Waals surface area contributed by atoms with E-state index >= 15 is 0 Å². The third-order valence-electron chi connectivity index (χ3n) is 14.2. The second-order valence-corrected chi connectivity index (χ2v) is 19.1. The largest absolute Gasteiger partial charge is 0.507 e. The van der Waals surface area contributed by atoms with Crippen molar-refractivity contribution >= 4 is 0 Å². The first-order chi connectivity index (χ1) is 31.0. The van der Waals surface area contributed by atoms with Crippen molar-refractivity contribution < 1.29 is 30.6 Å². The molecule has 0 atom stereocenters. The maximum atomic E-state index is 11.6. The summed E-state index contributed by atoms with van der Waals surface area (Å²) in [5, 5.41) is 68.4. The van der Waals surface area contributed by atoms with Gasteiger partial charge in [0.2, 0.25) is 0 Å². The molecule has 0 aromatic heterocycles. The number of benzene rings is 7. The van der Waals surface area contributed by atoms with E-state index in [1.54, 1.807) is 0 Å². The lowest BCUT2D eigenvalue weighted by molar-refractivity contribution is 0.463. The Morgan fingerprint density at radius 2 is 0.545 bits per heavy atom. The lowest BCUT2D eigenvalue weighted by Gasteiger charge is -2.43. The van der Waals surface area contributed by atoms with Gasteiger partial charge in [0.1, 0.15) is 34.5 Å². The van der Waals surface area contributed by atoms with Crippen LogP contribution in [0.1, 0.15) is 114 Å². The van der Waals surface area contributed by atoms with E-state index < -0.39 is 5.41 Å². The van der Waals surface area contributed by atoms with Crippen LogP contribution in [0.25, 0.3) is 33.4 Å². The molecule has 6 N–H and O–H groups in total. The second-order valence-electron chi connectivity index (χ2n) is 19.1. The van der Waals surface area contributed by atoms with Gasteiger partial charge in [-0.3, -0.25) is 0 Å². The zero-order chi connectivity index (χ0) is 48.4. The average Bonchev–Trinajstić information content (AvgIpc) is 3.26. The van der Waals surface area contributed by atoms with Crippen molar-refractivity contribution in [2.24, 2.45) is 0 Å². The van der Waals surface area contributed by atoms with Gasteiger partial charge >= 0.3 is 0 Å². The van der Waals surface area contributed by atoms with E-state index in [4.69, 9.17) is 0 Å². The molecule has 0 aliphatic heterocycles. The van der Waals surface area contributed by atoms with Crippen LogP contribution in [0.2, 0.25) is 0 Å². The lowest BCUT2D eigenvalue weighted by atomic mass is 9.59. The zero-order valence-electron chi connectivity index (χ0n) is 41.2. The van der Waals surface area contributed by atoms with Crippen LogP contribution in [0.15, 0.2) is 72.8 Å². The van der Waals surface area contributed by atoms with Crippen molar-refractivity contribution in [1.82, 2.24) is 0 Å². The molecule has 0 amide bonds. The van der Waals surface area contributed by atoms with Crippen LogP contribution < -0.4 is 0 Å². The number of hydrogen-bond acceptors (Lipinski definition) is 6. The van der Waals surface area contributed by atoms with Crippen LogP contribution >= 0.6 is 0 Å². The quantitative estimate of drug-likeness (QED) is 0.0761. The fourth-order valence-electron chi connectivity index (χ4n) is 10.9. The van der Waals surface area contributed by atoms with Crippen molar-refractivity contribution in [2.45, 2.75) is 122 Å². The summed E-state index contributed by atoms with van der Waals surface area (Å²) in [5.74, 6) is 1.40. The Morgan fingerprint density at radius 3 is 0.803 bits per heavy atom. The van der Waals surface area contributed by atoms with Gasteiger partial charge in [0.25, 0.3) is 0 Å². The van der Waals surface area contributed by atoms with Gasteiger partial charge in [0.05, 0.1) is 5.41 Å². The lowest BCUT2D eigenvalue weighted by Crippen LogP contribution is -2.35. The summed E-state index contributed by atoms with van der Waals surface area (Å²) in [6.45, 7) is 27.6. The predicted molar refractivity (Wildman–Crippen MR) is 271 cm³/mol. The average molecular weight is 883 g/mol. The Balaban J connectivity index is 1.94. The first kappa shape index (κ1) is 47.3. The summed E-state index contributed by atoms with van der Waals surface area (Å²) >= 11 is 0. The van der Waals surface area contributed by atoms with Gasteiger partial charge in [0.15, 0.2) is 0 Å². The second kappa shape index (κ2) is 17.6. The number of rotatable bonds is 10. The molecule has 7 rings (SSSR count). The van der Waals surface area contributed by atoms with E-state index in [0.29, 0.717) is 41.5 Å². The van der Waals surface area contributed by atoms with Crippen LogP contribution in [-0.4, -0.2) is 30.6 Å². The van der Waals surface area contributed by atoms with Crippen molar-refractivity contribution in [3.63, 3.8) is 0 Å². The highest BCUT2D eigenvalue weighted by Gasteiger charge is 2.44. The number of aromatic hydroxyl groups is 6. The Morgan fingerprint density at radius 1 is 0.318 bits per heavy atom. The highest BCUT2D eigenvalue weighted by Crippen LogP contribution is 2.57. The van der Waals surface area contributed by atoms with E-state index in [1.165, 1.54) is 0 Å². The minimum Gasteiger partial charge on any atom is -0.507 e. The summed E-state index contributed by atoms with van der Waals surface area (Å²) in [4.78, 5) is 0. The van der Waals surface area contributed by atoms with Crippen molar-refractivity contribution in [1.29, 1.82) is 0 Å². The van der Waals surface area contributed by atoms with Crippen molar-refractivity contribution in [3.8, 4) is 67.9 Å². The number of phenols is 6. The van der Waals surface area contributed by atoms with Gasteiger partial charge in [-0.1, -0.05) is 50.2 Å². The summed E-state index contributed by atoms with van der Waals surface area (Å²) < 4.78 is 0. The SMILES string of the molecule is CCc1c(-c2cc(C)c(O)c(C)c2)c(CC)c(-c2cc(C)c(O)c(C)c2)c(C(Cc2cc(C)c(O)c(C)c2)(c2cc(C)c(O)c(C)c2)c2cc(C)c(O)c(C)c2)c1-c1cc(C)c(O)c(C)c1. The van der Waals surface area contributed by atoms with E-state index in [1.807, 2.05) is 83.1 Å². The van der Waals surface area contributed by atoms with Crippen LogP contribution in [0.5, 0.6) is 34.5 Å². The first-order valence-corrected chi connectivity index (χ1v) is 23.1. The van der Waals surface area contributed by atoms with Gasteiger partial charge in [0, 0.05) is 0 Å². The van der Waals surface area contributed by atoms with E-state index in [9.17, 15) is 30.6 Å². The molecule has 0 spiro atoms. The molecule has 342 valence electrons. The minimum atomic E-state index is -1.10. The molecule has 7 aromatic carbocycles. The van der Waals surface area contributed by atoms with Crippen molar-refractivity contribution in [3.05, 3.63) is 173 Å². The summed E-state index contributed by atoms with van der Waals surface area (Å²) in [5.41, 5.74) is 19.6. The monoisotopic (exact) mass is 882 g/mol. The Labute approximate surface area is 391 Å². The van der Waals surface area contributed by atoms with Crippen LogP contribution in [0.3, 0.4) is 0 Å². The van der Waals surface area contributed by atoms with Crippen molar-refractivity contribution in [2.75, 3.05) is 0 Å². The van der Waals surface area contributed by atoms with Crippen LogP contribution in [0, 0.1) is 83.1 Å². The van der Waals surface area contributed by atoms with Gasteiger partial charge < -0.3 is 30.6 Å². The number of hydrogen-bond donors (Lipinski definition) is 6. The molecule has 0 bridgehead atoms. The molecular weight excluding hydrogens is 817 g/mol. The molecule has 0 fully saturated rings. The maximum absolute atomic E-state index is 11.6. The number of phenolic OH excluding ortho intramolecular Hbond substituents is 6. The molecule has 6 nitrogen and oxygen atoms in total. The van der Waals surface area contributed by atoms with Gasteiger partial charge in [-0.05, 0) is 272 Å². The Bertz CT molecular complexity index is 2830. The molecule has 0 aliphatic rings. The van der Waals surface area contributed by atoms with E-state index in [2.05, 4.69) is 86.6 Å². The molecule has 7 aromatic rings. The fourth-order valence-corrected chi connectivity index (χ4v) is 10.9. The minimum absolute atomic E-state index is 0.217. The summed E-state index contributed by atoms with van der Waals surface area (Å²) in [7, 11) is 0. The normalized spacial score (nSPS) is 11.7. The molecule has 6 heteroatoms. The maximum Gasteiger partial charge on any atom is 0.121 e. The molecule has 0 heterocycles. The number of aryl methyl sites for hydroxylation is 12. The summed E-state index contributed by atoms with van der Waals surface area (Å²) in [6, 6.07) is 25.0. The molecule has 0 unspecified atom stereocenters. The molecule has 66 heavy (non-hydrogen) atoms. The molecular formula is C60H66O6. The zero-order valence-corrected chi connectivity index (χ0v) is 41.2. The third-order valence-corrected chi connectivity index (χ3v) is 14.2. The Hall–Kier alpha value is -6.66. The van der Waals surface area contributed by atoms with Gasteiger partial charge in [-0.25, -0.2) is 0 Å². The molecule has 0 saturated heterocycles. The van der Waals surface area contributed by atoms with E-state index in [0.717, 1.165) is 111 Å². The first-order valence-electron chi connectivity index (χ1n) is 23.1. The fraction of sp³-hybridized carbons (Fsp3) is 0.300. The topological polar surface area (TPSA) is 121 Å². The third kappa shape index (κ3) is 7.84. The highest BCUT2D eigenvalue weighted by molar-refractivity contribution is 5.96. The standard InChI is InChI=1S/C60H66O6/c1-15-48-50(43-19-32(5)55(62)33(6)20-43)49(16-2)52(45-23-36(9)57(64)37(10)24-45)53(51(48)44-21-34(7)56(63)35(8)22-44)60(46-25-38(11)58(65)39(12)26-46,47-27-40(13)59(66)41(14)28-47)29-42-17-30(3)54(61)31(4)18-42/h17-28,61-66H,15-16,29H2,1-14H3. The van der Waals surface area contributed by atoms with Crippen LogP contribution in [0.4, 0.5) is 0 Å². The predicted octanol–water partition coefficient (Wildman–Crippen LogP) is 14.3. The molecule has 0 radical (unpaired) electrons. The smallest absolute Gasteiger partial charge is 0.121 e. The van der Waals surface area contributed by atoms with Gasteiger partial charge in [-0.2, -0.15) is 0 Å². The van der Waals surface area contributed by atoms with E-state index in [-0.39, 0.29) is 34.5 Å². The molecule has 0 aliphatic carbocycles. The van der Waals surface area contributed by atoms with Gasteiger partial charge in [-0.15, -0.1) is 0 Å². The Kier molecular flexibility index (Phi) is 12.6. The van der Waals surface area contributed by atoms with Crippen LogP contribution in [-0.2, 0) is 24.7 Å². The highest BCUT2D eigenvalue weighted by atomic mass is 16.3. The molecule has 0 saturated carbocycles. The summed E-state index contributed by atoms with van der Waals surface area (Å²) in [6.07, 6.45) is 1.63.